The molecular formula is C22H30N2O3. The first kappa shape index (κ1) is 20.8. The number of rotatable bonds is 9. The molecule has 0 aromatic heterocycles. The molecule has 2 rings (SSSR count). The van der Waals surface area contributed by atoms with Gasteiger partial charge in [0, 0.05) is 0 Å². The standard InChI is InChI=1S/C22H30N2O3/c1-5-6-13-27-19-12-11-18(14-20(19)26-4)16(3)24-22(25)21(23)17-9-7-15(2)8-10-17/h7-12,14,16,21H,5-6,13,23H2,1-4H3,(H,24,25). The van der Waals surface area contributed by atoms with Gasteiger partial charge in [-0.3, -0.25) is 4.79 Å². The third kappa shape index (κ3) is 5.73. The first-order valence-corrected chi connectivity index (χ1v) is 9.39. The number of hydrogen-bond acceptors (Lipinski definition) is 4. The lowest BCUT2D eigenvalue weighted by molar-refractivity contribution is -0.123. The Labute approximate surface area is 161 Å². The zero-order chi connectivity index (χ0) is 19.8. The van der Waals surface area contributed by atoms with Gasteiger partial charge >= 0.3 is 0 Å². The van der Waals surface area contributed by atoms with Gasteiger partial charge in [-0.15, -0.1) is 0 Å². The summed E-state index contributed by atoms with van der Waals surface area (Å²) in [5.74, 6) is 1.16. The van der Waals surface area contributed by atoms with Gasteiger partial charge in [-0.25, -0.2) is 0 Å². The van der Waals surface area contributed by atoms with Gasteiger partial charge in [0.1, 0.15) is 6.04 Å². The molecule has 0 heterocycles. The summed E-state index contributed by atoms with van der Waals surface area (Å²) in [6.07, 6.45) is 2.07. The Morgan fingerprint density at radius 2 is 1.78 bits per heavy atom. The molecule has 0 fully saturated rings. The molecule has 0 radical (unpaired) electrons. The molecule has 0 aliphatic carbocycles. The summed E-state index contributed by atoms with van der Waals surface area (Å²) >= 11 is 0. The average Bonchev–Trinajstić information content (AvgIpc) is 2.68. The van der Waals surface area contributed by atoms with E-state index in [0.717, 1.165) is 29.5 Å². The van der Waals surface area contributed by atoms with Crippen LogP contribution in [0.5, 0.6) is 11.5 Å². The molecule has 2 atom stereocenters. The molecule has 2 unspecified atom stereocenters. The van der Waals surface area contributed by atoms with E-state index in [0.29, 0.717) is 18.1 Å². The Kier molecular flexibility index (Phi) is 7.67. The number of amides is 1. The number of aryl methyl sites for hydroxylation is 1. The summed E-state index contributed by atoms with van der Waals surface area (Å²) in [4.78, 5) is 12.5. The number of hydrogen-bond donors (Lipinski definition) is 2. The SMILES string of the molecule is CCCCOc1ccc(C(C)NC(=O)C(N)c2ccc(C)cc2)cc1OC. The third-order valence-corrected chi connectivity index (χ3v) is 4.52. The smallest absolute Gasteiger partial charge is 0.241 e. The van der Waals surface area contributed by atoms with Crippen molar-refractivity contribution in [3.8, 4) is 11.5 Å². The maximum atomic E-state index is 12.5. The molecule has 5 nitrogen and oxygen atoms in total. The summed E-state index contributed by atoms with van der Waals surface area (Å²) in [7, 11) is 1.61. The molecule has 0 spiro atoms. The van der Waals surface area contributed by atoms with Gasteiger partial charge in [0.05, 0.1) is 19.8 Å². The van der Waals surface area contributed by atoms with Crippen LogP contribution in [0.2, 0.25) is 0 Å². The quantitative estimate of drug-likeness (QED) is 0.653. The zero-order valence-electron chi connectivity index (χ0n) is 16.6. The highest BCUT2D eigenvalue weighted by Gasteiger charge is 2.19. The molecule has 0 bridgehead atoms. The molecule has 0 aliphatic rings. The number of methoxy groups -OCH3 is 1. The maximum absolute atomic E-state index is 12.5. The maximum Gasteiger partial charge on any atom is 0.241 e. The van der Waals surface area contributed by atoms with Crippen LogP contribution in [0, 0.1) is 6.92 Å². The van der Waals surface area contributed by atoms with E-state index in [4.69, 9.17) is 15.2 Å². The van der Waals surface area contributed by atoms with Crippen LogP contribution in [-0.4, -0.2) is 19.6 Å². The fourth-order valence-electron chi connectivity index (χ4n) is 2.71. The van der Waals surface area contributed by atoms with Crippen molar-refractivity contribution >= 4 is 5.91 Å². The second-order valence-corrected chi connectivity index (χ2v) is 6.73. The van der Waals surface area contributed by atoms with E-state index >= 15 is 0 Å². The average molecular weight is 370 g/mol. The van der Waals surface area contributed by atoms with Crippen LogP contribution in [0.4, 0.5) is 0 Å². The second-order valence-electron chi connectivity index (χ2n) is 6.73. The fraction of sp³-hybridized carbons (Fsp3) is 0.409. The van der Waals surface area contributed by atoms with Crippen LogP contribution in [0.15, 0.2) is 42.5 Å². The predicted molar refractivity (Wildman–Crippen MR) is 108 cm³/mol. The van der Waals surface area contributed by atoms with E-state index in [1.54, 1.807) is 7.11 Å². The number of carbonyl (C=O) groups is 1. The molecule has 0 aliphatic heterocycles. The largest absolute Gasteiger partial charge is 0.493 e. The number of nitrogens with one attached hydrogen (secondary N) is 1. The first-order chi connectivity index (χ1) is 13.0. The summed E-state index contributed by atoms with van der Waals surface area (Å²) in [6, 6.07) is 12.5. The van der Waals surface area contributed by atoms with E-state index in [1.807, 2.05) is 56.3 Å². The lowest BCUT2D eigenvalue weighted by Gasteiger charge is -2.19. The van der Waals surface area contributed by atoms with E-state index in [2.05, 4.69) is 12.2 Å². The molecule has 1 amide bonds. The van der Waals surface area contributed by atoms with Crippen LogP contribution >= 0.6 is 0 Å². The summed E-state index contributed by atoms with van der Waals surface area (Å²) in [6.45, 7) is 6.70. The van der Waals surface area contributed by atoms with E-state index < -0.39 is 6.04 Å². The monoisotopic (exact) mass is 370 g/mol. The number of benzene rings is 2. The lowest BCUT2D eigenvalue weighted by Crippen LogP contribution is -2.35. The van der Waals surface area contributed by atoms with Crippen LogP contribution in [0.25, 0.3) is 0 Å². The third-order valence-electron chi connectivity index (χ3n) is 4.52. The Morgan fingerprint density at radius 1 is 1.11 bits per heavy atom. The van der Waals surface area contributed by atoms with Gasteiger partial charge in [0.15, 0.2) is 11.5 Å². The van der Waals surface area contributed by atoms with Gasteiger partial charge in [-0.05, 0) is 43.5 Å². The molecule has 3 N–H and O–H groups in total. The Hall–Kier alpha value is -2.53. The van der Waals surface area contributed by atoms with Gasteiger partial charge in [-0.2, -0.15) is 0 Å². The highest BCUT2D eigenvalue weighted by atomic mass is 16.5. The molecule has 2 aromatic rings. The van der Waals surface area contributed by atoms with Crippen LogP contribution in [0.3, 0.4) is 0 Å². The Bertz CT molecular complexity index is 744. The van der Waals surface area contributed by atoms with Gasteiger partial charge in [0.2, 0.25) is 5.91 Å². The van der Waals surface area contributed by atoms with Gasteiger partial charge in [-0.1, -0.05) is 49.2 Å². The Morgan fingerprint density at radius 3 is 2.41 bits per heavy atom. The second kappa shape index (κ2) is 9.97. The summed E-state index contributed by atoms with van der Waals surface area (Å²) < 4.78 is 11.2. The number of carbonyl (C=O) groups excluding carboxylic acids is 1. The molecular weight excluding hydrogens is 340 g/mol. The first-order valence-electron chi connectivity index (χ1n) is 9.39. The highest BCUT2D eigenvalue weighted by molar-refractivity contribution is 5.83. The molecule has 5 heteroatoms. The minimum Gasteiger partial charge on any atom is -0.493 e. The molecule has 0 saturated heterocycles. The minimum absolute atomic E-state index is 0.201. The molecule has 2 aromatic carbocycles. The minimum atomic E-state index is -0.702. The van der Waals surface area contributed by atoms with Crippen molar-refractivity contribution in [2.75, 3.05) is 13.7 Å². The van der Waals surface area contributed by atoms with Crippen molar-refractivity contribution in [3.05, 3.63) is 59.2 Å². The number of ether oxygens (including phenoxy) is 2. The van der Waals surface area contributed by atoms with Gasteiger partial charge < -0.3 is 20.5 Å². The molecule has 146 valence electrons. The van der Waals surface area contributed by atoms with Crippen molar-refractivity contribution < 1.29 is 14.3 Å². The normalized spacial score (nSPS) is 12.9. The number of unbranched alkanes of at least 4 members (excludes halogenated alkanes) is 1. The fourth-order valence-corrected chi connectivity index (χ4v) is 2.71. The van der Waals surface area contributed by atoms with Gasteiger partial charge in [0.25, 0.3) is 0 Å². The topological polar surface area (TPSA) is 73.6 Å². The lowest BCUT2D eigenvalue weighted by atomic mass is 10.0. The van der Waals surface area contributed by atoms with Crippen molar-refractivity contribution in [2.24, 2.45) is 5.73 Å². The van der Waals surface area contributed by atoms with Crippen molar-refractivity contribution in [2.45, 2.75) is 45.7 Å². The van der Waals surface area contributed by atoms with Crippen molar-refractivity contribution in [1.29, 1.82) is 0 Å². The van der Waals surface area contributed by atoms with E-state index in [9.17, 15) is 4.79 Å². The van der Waals surface area contributed by atoms with Crippen LogP contribution in [-0.2, 0) is 4.79 Å². The number of nitrogens with two attached hydrogens (primary N) is 1. The van der Waals surface area contributed by atoms with Crippen LogP contribution in [0.1, 0.15) is 55.5 Å². The summed E-state index contributed by atoms with van der Waals surface area (Å²) in [5, 5.41) is 2.97. The summed E-state index contributed by atoms with van der Waals surface area (Å²) in [5.41, 5.74) is 8.96. The van der Waals surface area contributed by atoms with Crippen LogP contribution < -0.4 is 20.5 Å². The molecule has 27 heavy (non-hydrogen) atoms. The zero-order valence-corrected chi connectivity index (χ0v) is 16.6. The van der Waals surface area contributed by atoms with Crippen molar-refractivity contribution in [3.63, 3.8) is 0 Å². The highest BCUT2D eigenvalue weighted by Crippen LogP contribution is 2.30. The molecule has 0 saturated carbocycles. The van der Waals surface area contributed by atoms with E-state index in [1.165, 1.54) is 0 Å². The van der Waals surface area contributed by atoms with Crippen molar-refractivity contribution in [1.82, 2.24) is 5.32 Å². The Balaban J connectivity index is 2.04. The van der Waals surface area contributed by atoms with E-state index in [-0.39, 0.29) is 11.9 Å². The predicted octanol–water partition coefficient (Wildman–Crippen LogP) is 4.06.